The number of hydrogen-bond acceptors (Lipinski definition) is 6. The van der Waals surface area contributed by atoms with Crippen molar-refractivity contribution in [1.82, 2.24) is 14.5 Å². The summed E-state index contributed by atoms with van der Waals surface area (Å²) in [6.45, 7) is 2.65. The zero-order valence-corrected chi connectivity index (χ0v) is 20.6. The van der Waals surface area contributed by atoms with Crippen molar-refractivity contribution in [2.24, 2.45) is 0 Å². The van der Waals surface area contributed by atoms with Crippen LogP contribution in [-0.4, -0.2) is 42.9 Å². The van der Waals surface area contributed by atoms with Crippen molar-refractivity contribution in [3.05, 3.63) is 40.8 Å². The minimum absolute atomic E-state index is 0.118. The molecule has 8 nitrogen and oxygen atoms in total. The highest BCUT2D eigenvalue weighted by Crippen LogP contribution is 2.43. The zero-order chi connectivity index (χ0) is 23.3. The molecular formula is C23H28ClN5O3S. The van der Waals surface area contributed by atoms with Crippen molar-refractivity contribution >= 4 is 49.9 Å². The van der Waals surface area contributed by atoms with Crippen LogP contribution in [0.15, 0.2) is 24.3 Å². The molecule has 2 fully saturated rings. The maximum Gasteiger partial charge on any atom is 0.232 e. The Labute approximate surface area is 199 Å². The van der Waals surface area contributed by atoms with Crippen molar-refractivity contribution in [3.63, 3.8) is 0 Å². The molecule has 10 heteroatoms. The number of sulfonamides is 1. The molecule has 0 bridgehead atoms. The molecule has 1 atom stereocenters. The fourth-order valence-corrected chi connectivity index (χ4v) is 5.12. The Bertz CT molecular complexity index is 1310. The molecule has 3 aromatic rings. The summed E-state index contributed by atoms with van der Waals surface area (Å²) in [6.07, 6.45) is 6.39. The number of fused-ring (bicyclic) bond motifs is 1. The number of halogens is 1. The van der Waals surface area contributed by atoms with Gasteiger partial charge in [-0.15, -0.1) is 0 Å². The third-order valence-electron chi connectivity index (χ3n) is 6.41. The second-order valence-corrected chi connectivity index (χ2v) is 11.3. The van der Waals surface area contributed by atoms with Crippen LogP contribution in [0.5, 0.6) is 0 Å². The normalized spacial score (nSPS) is 19.1. The van der Waals surface area contributed by atoms with Gasteiger partial charge in [-0.05, 0) is 62.6 Å². The molecule has 1 saturated heterocycles. The molecule has 2 aliphatic rings. The number of benzene rings is 1. The molecule has 176 valence electrons. The van der Waals surface area contributed by atoms with Crippen molar-refractivity contribution in [1.29, 1.82) is 0 Å². The largest absolute Gasteiger partial charge is 0.358 e. The molecule has 1 aliphatic carbocycles. The van der Waals surface area contributed by atoms with Crippen LogP contribution in [0.3, 0.4) is 0 Å². The molecule has 5 rings (SSSR count). The highest BCUT2D eigenvalue weighted by molar-refractivity contribution is 7.92. The van der Waals surface area contributed by atoms with Gasteiger partial charge >= 0.3 is 0 Å². The topological polar surface area (TPSA) is 89.4 Å². The van der Waals surface area contributed by atoms with Crippen LogP contribution in [0, 0.1) is 6.92 Å². The summed E-state index contributed by atoms with van der Waals surface area (Å²) in [5, 5.41) is 3.72. The smallest absolute Gasteiger partial charge is 0.232 e. The summed E-state index contributed by atoms with van der Waals surface area (Å²) in [5.74, 6) is 1.30. The summed E-state index contributed by atoms with van der Waals surface area (Å²) in [5.41, 5.74) is 4.41. The van der Waals surface area contributed by atoms with Crippen molar-refractivity contribution in [3.8, 4) is 0 Å². The van der Waals surface area contributed by atoms with E-state index in [0.717, 1.165) is 43.5 Å². The Morgan fingerprint density at radius 1 is 1.15 bits per heavy atom. The van der Waals surface area contributed by atoms with Crippen LogP contribution in [0.1, 0.15) is 55.6 Å². The monoisotopic (exact) mass is 489 g/mol. The minimum atomic E-state index is -3.44. The summed E-state index contributed by atoms with van der Waals surface area (Å²) in [4.78, 5) is 9.33. The number of anilines is 3. The number of pyridine rings is 1. The lowest BCUT2D eigenvalue weighted by Gasteiger charge is -2.25. The highest BCUT2D eigenvalue weighted by atomic mass is 35.5. The average Bonchev–Trinajstić information content (AvgIpc) is 3.56. The first-order valence-corrected chi connectivity index (χ1v) is 13.5. The van der Waals surface area contributed by atoms with Gasteiger partial charge in [0.1, 0.15) is 22.7 Å². The Morgan fingerprint density at radius 2 is 1.94 bits per heavy atom. The van der Waals surface area contributed by atoms with Gasteiger partial charge in [0.2, 0.25) is 10.0 Å². The quantitative estimate of drug-likeness (QED) is 0.484. The van der Waals surface area contributed by atoms with Crippen LogP contribution in [0.2, 0.25) is 5.15 Å². The Kier molecular flexibility index (Phi) is 5.74. The molecular weight excluding hydrogens is 462 g/mol. The van der Waals surface area contributed by atoms with Gasteiger partial charge in [-0.25, -0.2) is 18.4 Å². The Balaban J connectivity index is 1.59. The fourth-order valence-electron chi connectivity index (χ4n) is 4.42. The first-order valence-electron chi connectivity index (χ1n) is 11.2. The van der Waals surface area contributed by atoms with Crippen LogP contribution >= 0.6 is 11.6 Å². The lowest BCUT2D eigenvalue weighted by atomic mass is 10.1. The number of imidazole rings is 1. The molecule has 33 heavy (non-hydrogen) atoms. The molecule has 0 amide bonds. The maximum atomic E-state index is 12.4. The van der Waals surface area contributed by atoms with E-state index in [-0.39, 0.29) is 6.23 Å². The van der Waals surface area contributed by atoms with Crippen molar-refractivity contribution in [2.75, 3.05) is 29.5 Å². The SMILES string of the molecule is Cc1nc2c(Nc3ccc(C4CC4)cc3N(C)S(C)(=O)=O)cc(Cl)nc2n1C1CCCCO1. The molecule has 1 aliphatic heterocycles. The standard InChI is InChI=1S/C23H28ClN5O3S/c1-14-25-22-18(13-20(24)27-23(22)29(14)21-6-4-5-11-32-21)26-17-10-9-16(15-7-8-15)12-19(17)28(2)33(3,30)31/h9-10,12-13,15,21H,4-8,11H2,1-3H3,(H,26,27). The first-order chi connectivity index (χ1) is 15.7. The van der Waals surface area contributed by atoms with Gasteiger partial charge in [0, 0.05) is 19.7 Å². The number of hydrogen-bond donors (Lipinski definition) is 1. The summed E-state index contributed by atoms with van der Waals surface area (Å²) in [7, 11) is -1.87. The van der Waals surface area contributed by atoms with Crippen LogP contribution < -0.4 is 9.62 Å². The maximum absolute atomic E-state index is 12.4. The molecule has 1 saturated carbocycles. The highest BCUT2D eigenvalue weighted by Gasteiger charge is 2.27. The number of ether oxygens (including phenoxy) is 1. The third kappa shape index (κ3) is 4.41. The van der Waals surface area contributed by atoms with E-state index in [1.165, 1.54) is 10.6 Å². The number of aromatic nitrogens is 3. The summed E-state index contributed by atoms with van der Waals surface area (Å²) < 4.78 is 34.0. The molecule has 0 radical (unpaired) electrons. The Morgan fingerprint density at radius 3 is 2.61 bits per heavy atom. The molecule has 1 aromatic carbocycles. The van der Waals surface area contributed by atoms with E-state index in [1.807, 2.05) is 23.6 Å². The Hall–Kier alpha value is -2.36. The fraction of sp³-hybridized carbons (Fsp3) is 0.478. The summed E-state index contributed by atoms with van der Waals surface area (Å²) >= 11 is 6.42. The van der Waals surface area contributed by atoms with Crippen LogP contribution in [0.25, 0.3) is 11.2 Å². The second-order valence-electron chi connectivity index (χ2n) is 8.92. The lowest BCUT2D eigenvalue weighted by molar-refractivity contribution is -0.0309. The summed E-state index contributed by atoms with van der Waals surface area (Å²) in [6, 6.07) is 7.67. The van der Waals surface area contributed by atoms with Gasteiger partial charge in [-0.1, -0.05) is 17.7 Å². The second kappa shape index (κ2) is 8.45. The van der Waals surface area contributed by atoms with E-state index in [0.29, 0.717) is 45.9 Å². The van der Waals surface area contributed by atoms with Gasteiger partial charge < -0.3 is 10.1 Å². The number of aryl methyl sites for hydroxylation is 1. The molecule has 1 unspecified atom stereocenters. The lowest BCUT2D eigenvalue weighted by Crippen LogP contribution is -2.25. The zero-order valence-electron chi connectivity index (χ0n) is 19.0. The predicted molar refractivity (Wildman–Crippen MR) is 131 cm³/mol. The van der Waals surface area contributed by atoms with E-state index in [9.17, 15) is 8.42 Å². The van der Waals surface area contributed by atoms with Gasteiger partial charge in [0.05, 0.1) is 23.3 Å². The molecule has 3 heterocycles. The molecule has 2 aromatic heterocycles. The van der Waals surface area contributed by atoms with Crippen LogP contribution in [-0.2, 0) is 14.8 Å². The number of nitrogens with one attached hydrogen (secondary N) is 1. The van der Waals surface area contributed by atoms with E-state index in [1.54, 1.807) is 13.1 Å². The number of rotatable bonds is 6. The van der Waals surface area contributed by atoms with E-state index < -0.39 is 10.0 Å². The first kappa shape index (κ1) is 22.4. The third-order valence-corrected chi connectivity index (χ3v) is 7.80. The van der Waals surface area contributed by atoms with Crippen molar-refractivity contribution < 1.29 is 13.2 Å². The van der Waals surface area contributed by atoms with Crippen molar-refractivity contribution in [2.45, 2.75) is 51.2 Å². The predicted octanol–water partition coefficient (Wildman–Crippen LogP) is 5.11. The van der Waals surface area contributed by atoms with E-state index in [4.69, 9.17) is 21.3 Å². The van der Waals surface area contributed by atoms with Gasteiger partial charge in [0.25, 0.3) is 0 Å². The average molecular weight is 490 g/mol. The minimum Gasteiger partial charge on any atom is -0.358 e. The van der Waals surface area contributed by atoms with E-state index >= 15 is 0 Å². The molecule has 0 spiro atoms. The number of nitrogens with zero attached hydrogens (tertiary/aromatic N) is 4. The van der Waals surface area contributed by atoms with Gasteiger partial charge in [-0.2, -0.15) is 0 Å². The van der Waals surface area contributed by atoms with Gasteiger partial charge in [0.15, 0.2) is 5.65 Å². The molecule has 1 N–H and O–H groups in total. The van der Waals surface area contributed by atoms with Gasteiger partial charge in [-0.3, -0.25) is 8.87 Å². The van der Waals surface area contributed by atoms with Crippen LogP contribution in [0.4, 0.5) is 17.1 Å². The van der Waals surface area contributed by atoms with E-state index in [2.05, 4.69) is 16.4 Å².